The first-order valence-corrected chi connectivity index (χ1v) is 6.71. The van der Waals surface area contributed by atoms with Crippen molar-refractivity contribution in [2.75, 3.05) is 5.73 Å². The van der Waals surface area contributed by atoms with Gasteiger partial charge in [-0.15, -0.1) is 0 Å². The van der Waals surface area contributed by atoms with E-state index < -0.39 is 5.82 Å². The van der Waals surface area contributed by atoms with E-state index in [1.165, 1.54) is 18.2 Å². The smallest absolute Gasteiger partial charge is 0.230 e. The Labute approximate surface area is 126 Å². The average Bonchev–Trinajstić information content (AvgIpc) is 2.83. The maximum Gasteiger partial charge on any atom is 0.230 e. The van der Waals surface area contributed by atoms with Crippen LogP contribution in [0.4, 0.5) is 10.3 Å². The maximum absolute atomic E-state index is 14.1. The summed E-state index contributed by atoms with van der Waals surface area (Å²) in [7, 11) is 0. The van der Waals surface area contributed by atoms with Gasteiger partial charge < -0.3 is 10.3 Å². The predicted molar refractivity (Wildman–Crippen MR) is 81.5 cm³/mol. The Kier molecular flexibility index (Phi) is 3.39. The van der Waals surface area contributed by atoms with Gasteiger partial charge >= 0.3 is 0 Å². The Hall–Kier alpha value is -2.33. The summed E-state index contributed by atoms with van der Waals surface area (Å²) in [4.78, 5) is 0. The highest BCUT2D eigenvalue weighted by molar-refractivity contribution is 6.30. The van der Waals surface area contributed by atoms with Crippen molar-refractivity contribution in [2.45, 2.75) is 6.92 Å². The van der Waals surface area contributed by atoms with Crippen molar-refractivity contribution in [2.24, 2.45) is 0 Å². The highest BCUT2D eigenvalue weighted by atomic mass is 35.5. The number of benzene rings is 2. The summed E-state index contributed by atoms with van der Waals surface area (Å²) in [5, 5.41) is 4.31. The minimum absolute atomic E-state index is 0.148. The lowest BCUT2D eigenvalue weighted by molar-refractivity contribution is 0.439. The minimum Gasteiger partial charge on any atom is -0.367 e. The molecular formula is C16H12ClFN2O. The summed E-state index contributed by atoms with van der Waals surface area (Å²) in [6.45, 7) is 1.97. The van der Waals surface area contributed by atoms with E-state index >= 15 is 0 Å². The molecule has 3 nitrogen and oxygen atoms in total. The van der Waals surface area contributed by atoms with Crippen LogP contribution in [0.1, 0.15) is 5.56 Å². The Morgan fingerprint density at radius 2 is 2.00 bits per heavy atom. The number of aryl methyl sites for hydroxylation is 1. The lowest BCUT2D eigenvalue weighted by atomic mass is 9.99. The molecule has 2 aromatic carbocycles. The zero-order valence-electron chi connectivity index (χ0n) is 11.2. The molecule has 0 atom stereocenters. The van der Waals surface area contributed by atoms with Gasteiger partial charge in [-0.1, -0.05) is 46.6 Å². The molecule has 0 radical (unpaired) electrons. The van der Waals surface area contributed by atoms with Gasteiger partial charge in [0.15, 0.2) is 0 Å². The van der Waals surface area contributed by atoms with Gasteiger partial charge in [0.1, 0.15) is 11.5 Å². The maximum atomic E-state index is 14.1. The fraction of sp³-hybridized carbons (Fsp3) is 0.0625. The molecule has 1 aromatic heterocycles. The van der Waals surface area contributed by atoms with Gasteiger partial charge in [0.2, 0.25) is 5.88 Å². The lowest BCUT2D eigenvalue weighted by Crippen LogP contribution is -1.90. The van der Waals surface area contributed by atoms with E-state index in [1.807, 2.05) is 31.2 Å². The van der Waals surface area contributed by atoms with E-state index in [2.05, 4.69) is 5.16 Å². The van der Waals surface area contributed by atoms with Crippen molar-refractivity contribution in [1.82, 2.24) is 5.16 Å². The first-order chi connectivity index (χ1) is 10.1. The molecule has 106 valence electrons. The van der Waals surface area contributed by atoms with Crippen LogP contribution >= 0.6 is 11.6 Å². The third kappa shape index (κ3) is 2.50. The van der Waals surface area contributed by atoms with Crippen molar-refractivity contribution in [3.05, 3.63) is 58.9 Å². The molecule has 0 spiro atoms. The van der Waals surface area contributed by atoms with Crippen molar-refractivity contribution < 1.29 is 8.91 Å². The number of anilines is 1. The molecule has 0 fully saturated rings. The van der Waals surface area contributed by atoms with Gasteiger partial charge in [-0.3, -0.25) is 0 Å². The van der Waals surface area contributed by atoms with Gasteiger partial charge in [-0.05, 0) is 30.7 Å². The molecule has 0 saturated carbocycles. The fourth-order valence-corrected chi connectivity index (χ4v) is 2.42. The van der Waals surface area contributed by atoms with Crippen LogP contribution in [0, 0.1) is 12.7 Å². The lowest BCUT2D eigenvalue weighted by Gasteiger charge is -2.05. The molecule has 2 N–H and O–H groups in total. The number of nitrogen functional groups attached to an aromatic ring is 1. The molecule has 0 amide bonds. The van der Waals surface area contributed by atoms with Crippen LogP contribution in [0.3, 0.4) is 0 Å². The second kappa shape index (κ2) is 5.22. The van der Waals surface area contributed by atoms with Gasteiger partial charge in [0, 0.05) is 10.6 Å². The van der Waals surface area contributed by atoms with E-state index in [0.29, 0.717) is 16.3 Å². The third-order valence-electron chi connectivity index (χ3n) is 3.21. The van der Waals surface area contributed by atoms with Crippen LogP contribution in [-0.2, 0) is 0 Å². The topological polar surface area (TPSA) is 52.0 Å². The molecule has 21 heavy (non-hydrogen) atoms. The number of rotatable bonds is 2. The number of hydrogen-bond donors (Lipinski definition) is 1. The van der Waals surface area contributed by atoms with Crippen LogP contribution in [0.25, 0.3) is 22.4 Å². The van der Waals surface area contributed by atoms with Crippen molar-refractivity contribution in [1.29, 1.82) is 0 Å². The number of halogens is 2. The van der Waals surface area contributed by atoms with Crippen LogP contribution in [0.2, 0.25) is 5.02 Å². The monoisotopic (exact) mass is 302 g/mol. The molecular weight excluding hydrogens is 291 g/mol. The van der Waals surface area contributed by atoms with Crippen LogP contribution in [0.15, 0.2) is 47.0 Å². The summed E-state index contributed by atoms with van der Waals surface area (Å²) < 4.78 is 19.1. The Morgan fingerprint density at radius 3 is 2.76 bits per heavy atom. The minimum atomic E-state index is -0.429. The molecule has 0 aliphatic carbocycles. The average molecular weight is 303 g/mol. The number of hydrogen-bond acceptors (Lipinski definition) is 3. The van der Waals surface area contributed by atoms with Gasteiger partial charge in [0.25, 0.3) is 0 Å². The van der Waals surface area contributed by atoms with E-state index in [9.17, 15) is 4.39 Å². The van der Waals surface area contributed by atoms with Crippen molar-refractivity contribution in [3.63, 3.8) is 0 Å². The van der Waals surface area contributed by atoms with Crippen molar-refractivity contribution in [3.8, 4) is 22.4 Å². The summed E-state index contributed by atoms with van der Waals surface area (Å²) in [5.74, 6) is -0.281. The molecule has 1 heterocycles. The van der Waals surface area contributed by atoms with Gasteiger partial charge in [-0.25, -0.2) is 4.39 Å². The third-order valence-corrected chi connectivity index (χ3v) is 3.44. The van der Waals surface area contributed by atoms with Crippen LogP contribution in [-0.4, -0.2) is 5.16 Å². The number of nitrogens with two attached hydrogens (primary N) is 1. The fourth-order valence-electron chi connectivity index (χ4n) is 2.25. The second-order valence-corrected chi connectivity index (χ2v) is 5.20. The normalized spacial score (nSPS) is 10.8. The second-order valence-electron chi connectivity index (χ2n) is 4.76. The largest absolute Gasteiger partial charge is 0.367 e. The molecule has 0 aliphatic heterocycles. The van der Waals surface area contributed by atoms with E-state index in [0.717, 1.165) is 11.1 Å². The summed E-state index contributed by atoms with van der Waals surface area (Å²) >= 11 is 5.94. The van der Waals surface area contributed by atoms with Gasteiger partial charge in [0.05, 0.1) is 5.56 Å². The number of nitrogens with zero attached hydrogens (tertiary/aromatic N) is 1. The van der Waals surface area contributed by atoms with Crippen LogP contribution in [0.5, 0.6) is 0 Å². The van der Waals surface area contributed by atoms with E-state index in [1.54, 1.807) is 0 Å². The first kappa shape index (κ1) is 13.6. The van der Waals surface area contributed by atoms with Crippen LogP contribution < -0.4 is 5.73 Å². The Bertz CT molecular complexity index is 814. The highest BCUT2D eigenvalue weighted by Gasteiger charge is 2.20. The Morgan fingerprint density at radius 1 is 1.19 bits per heavy atom. The van der Waals surface area contributed by atoms with E-state index in [-0.39, 0.29) is 11.4 Å². The van der Waals surface area contributed by atoms with Gasteiger partial charge in [-0.2, -0.15) is 0 Å². The highest BCUT2D eigenvalue weighted by Crippen LogP contribution is 2.38. The quantitative estimate of drug-likeness (QED) is 0.747. The molecule has 5 heteroatoms. The van der Waals surface area contributed by atoms with E-state index in [4.69, 9.17) is 21.9 Å². The SMILES string of the molecule is Cc1cccc(-c2c(-c3cc(Cl)ccc3F)noc2N)c1. The summed E-state index contributed by atoms with van der Waals surface area (Å²) in [6, 6.07) is 12.0. The molecule has 0 bridgehead atoms. The first-order valence-electron chi connectivity index (χ1n) is 6.34. The standard InChI is InChI=1S/C16H12ClFN2O/c1-9-3-2-4-10(7-9)14-15(20-21-16(14)19)12-8-11(17)5-6-13(12)18/h2-8H,19H2,1H3. The molecule has 0 aliphatic rings. The number of aromatic nitrogens is 1. The summed E-state index contributed by atoms with van der Waals surface area (Å²) in [6.07, 6.45) is 0. The molecule has 3 aromatic rings. The molecule has 0 unspecified atom stereocenters. The zero-order chi connectivity index (χ0) is 15.0. The molecule has 3 rings (SSSR count). The molecule has 0 saturated heterocycles. The predicted octanol–water partition coefficient (Wildman–Crippen LogP) is 4.69. The zero-order valence-corrected chi connectivity index (χ0v) is 12.0. The van der Waals surface area contributed by atoms with Crippen molar-refractivity contribution >= 4 is 17.5 Å². The summed E-state index contributed by atoms with van der Waals surface area (Å²) in [5.41, 5.74) is 8.93. The Balaban J connectivity index is 2.24.